The van der Waals surface area contributed by atoms with E-state index in [2.05, 4.69) is 27.6 Å². The van der Waals surface area contributed by atoms with Crippen LogP contribution in [0.1, 0.15) is 29.5 Å². The molecule has 1 aliphatic rings. The van der Waals surface area contributed by atoms with Crippen molar-refractivity contribution < 1.29 is 17.9 Å². The van der Waals surface area contributed by atoms with Gasteiger partial charge in [0.25, 0.3) is 0 Å². The topological polar surface area (TPSA) is 52.0 Å². The Morgan fingerprint density at radius 2 is 1.84 bits per heavy atom. The summed E-state index contributed by atoms with van der Waals surface area (Å²) in [5, 5.41) is 11.1. The smallest absolute Gasteiger partial charge is 0.376 e. The minimum absolute atomic E-state index is 0.0940. The third-order valence-electron chi connectivity index (χ3n) is 5.88. The molecule has 1 fully saturated rings. The van der Waals surface area contributed by atoms with Crippen LogP contribution in [-0.4, -0.2) is 34.5 Å². The molecule has 0 saturated carbocycles. The van der Waals surface area contributed by atoms with E-state index in [1.165, 1.54) is 11.9 Å². The van der Waals surface area contributed by atoms with E-state index in [-0.39, 0.29) is 12.0 Å². The van der Waals surface area contributed by atoms with E-state index < -0.39 is 11.7 Å². The number of ether oxygens (including phenoxy) is 1. The van der Waals surface area contributed by atoms with Crippen molar-refractivity contribution in [2.75, 3.05) is 19.7 Å². The van der Waals surface area contributed by atoms with Gasteiger partial charge in [-0.15, -0.1) is 10.2 Å². The zero-order chi connectivity index (χ0) is 21.9. The predicted octanol–water partition coefficient (Wildman–Crippen LogP) is 4.34. The molecular weight excluding hydrogens is 405 g/mol. The average Bonchev–Trinajstić information content (AvgIpc) is 3.20. The second kappa shape index (κ2) is 8.80. The second-order valence-corrected chi connectivity index (χ2v) is 8.07. The molecule has 1 N–H and O–H groups in total. The zero-order valence-electron chi connectivity index (χ0n) is 17.3. The summed E-state index contributed by atoms with van der Waals surface area (Å²) in [6, 6.07) is 14.2. The molecule has 1 aromatic heterocycles. The monoisotopic (exact) mass is 430 g/mol. The lowest BCUT2D eigenvalue weighted by atomic mass is 9.74. The standard InChI is InChI=1S/C23H25F3N4O/c1-30-16-28-29-21(30)18-11-17(12-20(13-18)23(24,25)26)14-31-15-22(7-9-27-10-8-22)19-5-3-2-4-6-19/h2-6,11-13,16,27H,7-10,14-15H2,1H3. The molecule has 3 aromatic rings. The first-order chi connectivity index (χ1) is 14.9. The van der Waals surface area contributed by atoms with Gasteiger partial charge in [-0.3, -0.25) is 0 Å². The van der Waals surface area contributed by atoms with Crippen molar-refractivity contribution in [3.63, 3.8) is 0 Å². The molecule has 2 aromatic carbocycles. The van der Waals surface area contributed by atoms with E-state index >= 15 is 0 Å². The van der Waals surface area contributed by atoms with Gasteiger partial charge in [0.2, 0.25) is 0 Å². The Balaban J connectivity index is 1.57. The Kier molecular flexibility index (Phi) is 6.11. The molecule has 0 atom stereocenters. The molecule has 164 valence electrons. The number of nitrogens with zero attached hydrogens (tertiary/aromatic N) is 3. The van der Waals surface area contributed by atoms with Crippen LogP contribution in [-0.2, 0) is 30.0 Å². The van der Waals surface area contributed by atoms with Gasteiger partial charge >= 0.3 is 6.18 Å². The molecule has 0 radical (unpaired) electrons. The van der Waals surface area contributed by atoms with Crippen molar-refractivity contribution in [1.29, 1.82) is 0 Å². The SMILES string of the molecule is Cn1cnnc1-c1cc(COCC2(c3ccccc3)CCNCC2)cc(C(F)(F)F)c1. The maximum atomic E-state index is 13.5. The molecule has 2 heterocycles. The van der Waals surface area contributed by atoms with Crippen molar-refractivity contribution in [2.45, 2.75) is 31.0 Å². The van der Waals surface area contributed by atoms with Gasteiger partial charge in [-0.25, -0.2) is 0 Å². The minimum atomic E-state index is -4.45. The van der Waals surface area contributed by atoms with E-state index in [4.69, 9.17) is 4.74 Å². The second-order valence-electron chi connectivity index (χ2n) is 8.07. The van der Waals surface area contributed by atoms with Crippen LogP contribution < -0.4 is 5.32 Å². The largest absolute Gasteiger partial charge is 0.416 e. The zero-order valence-corrected chi connectivity index (χ0v) is 17.3. The highest BCUT2D eigenvalue weighted by molar-refractivity contribution is 5.58. The number of hydrogen-bond donors (Lipinski definition) is 1. The summed E-state index contributed by atoms with van der Waals surface area (Å²) in [5.74, 6) is 0.381. The van der Waals surface area contributed by atoms with Crippen LogP contribution >= 0.6 is 0 Å². The summed E-state index contributed by atoms with van der Waals surface area (Å²) in [4.78, 5) is 0. The van der Waals surface area contributed by atoms with Gasteiger partial charge in [0.1, 0.15) is 6.33 Å². The highest BCUT2D eigenvalue weighted by Crippen LogP contribution is 2.35. The Morgan fingerprint density at radius 3 is 2.48 bits per heavy atom. The van der Waals surface area contributed by atoms with Crippen molar-refractivity contribution in [1.82, 2.24) is 20.1 Å². The number of piperidine rings is 1. The summed E-state index contributed by atoms with van der Waals surface area (Å²) in [7, 11) is 1.70. The van der Waals surface area contributed by atoms with Crippen LogP contribution in [0.2, 0.25) is 0 Å². The van der Waals surface area contributed by atoms with Gasteiger partial charge < -0.3 is 14.6 Å². The lowest BCUT2D eigenvalue weighted by Gasteiger charge is -2.38. The first-order valence-corrected chi connectivity index (χ1v) is 10.3. The summed E-state index contributed by atoms with van der Waals surface area (Å²) < 4.78 is 48.1. The number of aryl methyl sites for hydroxylation is 1. The summed E-state index contributed by atoms with van der Waals surface area (Å²) in [5.41, 5.74) is 1.19. The fourth-order valence-electron chi connectivity index (χ4n) is 4.19. The van der Waals surface area contributed by atoms with Crippen LogP contribution in [0, 0.1) is 0 Å². The predicted molar refractivity (Wildman–Crippen MR) is 111 cm³/mol. The number of aromatic nitrogens is 3. The van der Waals surface area contributed by atoms with E-state index in [1.54, 1.807) is 17.7 Å². The Bertz CT molecular complexity index is 1010. The van der Waals surface area contributed by atoms with Crippen molar-refractivity contribution in [3.05, 3.63) is 71.5 Å². The maximum Gasteiger partial charge on any atom is 0.416 e. The normalized spacial score (nSPS) is 16.4. The quantitative estimate of drug-likeness (QED) is 0.632. The van der Waals surface area contributed by atoms with Crippen molar-refractivity contribution in [2.24, 2.45) is 7.05 Å². The molecule has 1 saturated heterocycles. The van der Waals surface area contributed by atoms with Gasteiger partial charge in [-0.05, 0) is 55.3 Å². The lowest BCUT2D eigenvalue weighted by molar-refractivity contribution is -0.137. The molecule has 5 nitrogen and oxygen atoms in total. The van der Waals surface area contributed by atoms with Crippen LogP contribution in [0.5, 0.6) is 0 Å². The van der Waals surface area contributed by atoms with E-state index in [1.807, 2.05) is 18.2 Å². The Morgan fingerprint density at radius 1 is 1.10 bits per heavy atom. The van der Waals surface area contributed by atoms with Gasteiger partial charge in [0.15, 0.2) is 5.82 Å². The first-order valence-electron chi connectivity index (χ1n) is 10.3. The number of halogens is 3. The maximum absolute atomic E-state index is 13.5. The Hall–Kier alpha value is -2.71. The first kappa shape index (κ1) is 21.5. The highest BCUT2D eigenvalue weighted by Gasteiger charge is 2.35. The number of alkyl halides is 3. The van der Waals surface area contributed by atoms with Crippen LogP contribution in [0.15, 0.2) is 54.9 Å². The molecular formula is C23H25F3N4O. The highest BCUT2D eigenvalue weighted by atomic mass is 19.4. The van der Waals surface area contributed by atoms with Crippen molar-refractivity contribution in [3.8, 4) is 11.4 Å². The summed E-state index contributed by atoms with van der Waals surface area (Å²) in [6.07, 6.45) is -1.15. The van der Waals surface area contributed by atoms with Crippen LogP contribution in [0.4, 0.5) is 13.2 Å². The van der Waals surface area contributed by atoms with Gasteiger partial charge in [-0.1, -0.05) is 30.3 Å². The van der Waals surface area contributed by atoms with E-state index in [0.717, 1.165) is 38.1 Å². The molecule has 0 unspecified atom stereocenters. The number of hydrogen-bond acceptors (Lipinski definition) is 4. The summed E-state index contributed by atoms with van der Waals surface area (Å²) in [6.45, 7) is 2.32. The molecule has 31 heavy (non-hydrogen) atoms. The van der Waals surface area contributed by atoms with Crippen LogP contribution in [0.25, 0.3) is 11.4 Å². The fraction of sp³-hybridized carbons (Fsp3) is 0.391. The third kappa shape index (κ3) is 4.80. The molecule has 8 heteroatoms. The number of rotatable bonds is 6. The van der Waals surface area contributed by atoms with Gasteiger partial charge in [0.05, 0.1) is 18.8 Å². The minimum Gasteiger partial charge on any atom is -0.376 e. The van der Waals surface area contributed by atoms with Crippen molar-refractivity contribution >= 4 is 0 Å². The molecule has 4 rings (SSSR count). The third-order valence-corrected chi connectivity index (χ3v) is 5.88. The fourth-order valence-corrected chi connectivity index (χ4v) is 4.19. The molecule has 0 spiro atoms. The number of benzene rings is 2. The molecule has 0 amide bonds. The average molecular weight is 430 g/mol. The van der Waals surface area contributed by atoms with Gasteiger partial charge in [0, 0.05) is 18.0 Å². The summed E-state index contributed by atoms with van der Waals surface area (Å²) >= 11 is 0. The van der Waals surface area contributed by atoms with Crippen LogP contribution in [0.3, 0.4) is 0 Å². The van der Waals surface area contributed by atoms with E-state index in [9.17, 15) is 13.2 Å². The van der Waals surface area contributed by atoms with E-state index in [0.29, 0.717) is 23.6 Å². The Labute approximate surface area is 179 Å². The molecule has 0 aliphatic carbocycles. The molecule has 1 aliphatic heterocycles. The number of nitrogens with one attached hydrogen (secondary N) is 1. The molecule has 0 bridgehead atoms. The van der Waals surface area contributed by atoms with Gasteiger partial charge in [-0.2, -0.15) is 13.2 Å². The lowest BCUT2D eigenvalue weighted by Crippen LogP contribution is -2.43.